The lowest BCUT2D eigenvalue weighted by atomic mass is 10.1. The number of anilines is 1. The van der Waals surface area contributed by atoms with E-state index < -0.39 is 5.97 Å². The van der Waals surface area contributed by atoms with Gasteiger partial charge in [-0.15, -0.1) is 0 Å². The first-order chi connectivity index (χ1) is 8.43. The van der Waals surface area contributed by atoms with Gasteiger partial charge in [0.25, 0.3) is 0 Å². The molecule has 1 amide bonds. The predicted octanol–water partition coefficient (Wildman–Crippen LogP) is 3.52. The molecule has 1 aromatic carbocycles. The number of nitrogens with one attached hydrogen (secondary N) is 1. The third-order valence-corrected chi connectivity index (χ3v) is 3.04. The Morgan fingerprint density at radius 2 is 2.06 bits per heavy atom. The summed E-state index contributed by atoms with van der Waals surface area (Å²) < 4.78 is 0.626. The number of hydrogen-bond acceptors (Lipinski definition) is 2. The van der Waals surface area contributed by atoms with Crippen LogP contribution in [0.4, 0.5) is 5.69 Å². The van der Waals surface area contributed by atoms with Crippen LogP contribution in [0.2, 0.25) is 0 Å². The highest BCUT2D eigenvalue weighted by Crippen LogP contribution is 2.20. The second-order valence-corrected chi connectivity index (χ2v) is 5.13. The highest BCUT2D eigenvalue weighted by Gasteiger charge is 2.13. The maximum Gasteiger partial charge on any atom is 0.335 e. The molecule has 0 bridgehead atoms. The Kier molecular flexibility index (Phi) is 5.34. The van der Waals surface area contributed by atoms with Gasteiger partial charge in [0.05, 0.1) is 5.56 Å². The lowest BCUT2D eigenvalue weighted by molar-refractivity contribution is -0.119. The Hall–Kier alpha value is -1.36. The lowest BCUT2D eigenvalue weighted by Gasteiger charge is -2.12. The van der Waals surface area contributed by atoms with Crippen molar-refractivity contribution in [2.24, 2.45) is 5.92 Å². The molecule has 0 aliphatic rings. The Morgan fingerprint density at radius 3 is 2.61 bits per heavy atom. The summed E-state index contributed by atoms with van der Waals surface area (Å²) in [6.07, 6.45) is 1.75. The molecule has 0 aromatic heterocycles. The zero-order chi connectivity index (χ0) is 13.7. The number of halogens is 1. The molecule has 0 saturated carbocycles. The van der Waals surface area contributed by atoms with Gasteiger partial charge in [-0.05, 0) is 24.6 Å². The van der Waals surface area contributed by atoms with Crippen LogP contribution in [-0.4, -0.2) is 17.0 Å². The number of carboxylic acid groups (broad SMARTS) is 1. The average molecular weight is 314 g/mol. The van der Waals surface area contributed by atoms with Gasteiger partial charge in [0.1, 0.15) is 0 Å². The molecular weight excluding hydrogens is 298 g/mol. The van der Waals surface area contributed by atoms with E-state index >= 15 is 0 Å². The first-order valence-electron chi connectivity index (χ1n) is 5.78. The van der Waals surface area contributed by atoms with Gasteiger partial charge in [-0.25, -0.2) is 4.79 Å². The van der Waals surface area contributed by atoms with Crippen LogP contribution in [-0.2, 0) is 4.79 Å². The van der Waals surface area contributed by atoms with Gasteiger partial charge in [-0.3, -0.25) is 4.79 Å². The van der Waals surface area contributed by atoms with Crippen LogP contribution in [0.25, 0.3) is 0 Å². The van der Waals surface area contributed by atoms with Gasteiger partial charge < -0.3 is 10.4 Å². The van der Waals surface area contributed by atoms with E-state index in [0.29, 0.717) is 10.2 Å². The molecule has 2 N–H and O–H groups in total. The van der Waals surface area contributed by atoms with Crippen molar-refractivity contribution in [3.63, 3.8) is 0 Å². The van der Waals surface area contributed by atoms with Crippen molar-refractivity contribution in [2.45, 2.75) is 26.7 Å². The van der Waals surface area contributed by atoms with Crippen molar-refractivity contribution in [3.8, 4) is 0 Å². The van der Waals surface area contributed by atoms with Crippen LogP contribution in [0.1, 0.15) is 37.0 Å². The molecule has 98 valence electrons. The van der Waals surface area contributed by atoms with E-state index in [2.05, 4.69) is 21.2 Å². The Morgan fingerprint density at radius 1 is 1.39 bits per heavy atom. The van der Waals surface area contributed by atoms with Crippen molar-refractivity contribution in [1.29, 1.82) is 0 Å². The minimum atomic E-state index is -1.02. The minimum absolute atomic E-state index is 0.0812. The van der Waals surface area contributed by atoms with Gasteiger partial charge in [0.2, 0.25) is 5.91 Å². The molecule has 1 rings (SSSR count). The second-order valence-electron chi connectivity index (χ2n) is 4.21. The van der Waals surface area contributed by atoms with E-state index in [9.17, 15) is 9.59 Å². The lowest BCUT2D eigenvalue weighted by Crippen LogP contribution is -2.20. The first-order valence-corrected chi connectivity index (χ1v) is 6.58. The van der Waals surface area contributed by atoms with E-state index in [-0.39, 0.29) is 17.4 Å². The number of benzene rings is 1. The number of aromatic carboxylic acids is 1. The third-order valence-electron chi connectivity index (χ3n) is 2.58. The van der Waals surface area contributed by atoms with E-state index in [1.54, 1.807) is 6.07 Å². The van der Waals surface area contributed by atoms with Crippen LogP contribution in [0, 0.1) is 5.92 Å². The summed E-state index contributed by atoms with van der Waals surface area (Å²) in [4.78, 5) is 22.7. The van der Waals surface area contributed by atoms with Crippen LogP contribution < -0.4 is 5.32 Å². The maximum absolute atomic E-state index is 11.8. The zero-order valence-corrected chi connectivity index (χ0v) is 12.0. The molecule has 1 aromatic rings. The Balaban J connectivity index is 2.84. The third kappa shape index (κ3) is 4.14. The molecule has 0 aliphatic heterocycles. The number of hydrogen-bond donors (Lipinski definition) is 2. The fraction of sp³-hybridized carbons (Fsp3) is 0.385. The largest absolute Gasteiger partial charge is 0.478 e. The Bertz CT molecular complexity index is 460. The molecule has 0 fully saturated rings. The first kappa shape index (κ1) is 14.7. The summed E-state index contributed by atoms with van der Waals surface area (Å²) in [5, 5.41) is 11.7. The topological polar surface area (TPSA) is 66.4 Å². The SMILES string of the molecule is CCCC(C)C(=O)Nc1cc(Br)cc(C(=O)O)c1. The summed E-state index contributed by atoms with van der Waals surface area (Å²) >= 11 is 3.22. The summed E-state index contributed by atoms with van der Waals surface area (Å²) in [7, 11) is 0. The summed E-state index contributed by atoms with van der Waals surface area (Å²) in [6, 6.07) is 4.63. The van der Waals surface area contributed by atoms with Gasteiger partial charge in [-0.2, -0.15) is 0 Å². The van der Waals surface area contributed by atoms with Gasteiger partial charge in [-0.1, -0.05) is 36.2 Å². The number of amides is 1. The predicted molar refractivity (Wildman–Crippen MR) is 73.8 cm³/mol. The summed E-state index contributed by atoms with van der Waals surface area (Å²) in [5.74, 6) is -1.19. The van der Waals surface area contributed by atoms with E-state index in [1.807, 2.05) is 13.8 Å². The van der Waals surface area contributed by atoms with Crippen LogP contribution >= 0.6 is 15.9 Å². The molecule has 0 saturated heterocycles. The fourth-order valence-corrected chi connectivity index (χ4v) is 2.11. The molecular formula is C13H16BrNO3. The van der Waals surface area contributed by atoms with Crippen LogP contribution in [0.3, 0.4) is 0 Å². The van der Waals surface area contributed by atoms with Crippen LogP contribution in [0.5, 0.6) is 0 Å². The fourth-order valence-electron chi connectivity index (χ4n) is 1.61. The van der Waals surface area contributed by atoms with Crippen molar-refractivity contribution in [2.75, 3.05) is 5.32 Å². The number of carbonyl (C=O) groups excluding carboxylic acids is 1. The van der Waals surface area contributed by atoms with Crippen molar-refractivity contribution >= 4 is 33.5 Å². The van der Waals surface area contributed by atoms with Crippen molar-refractivity contribution in [1.82, 2.24) is 0 Å². The molecule has 1 atom stereocenters. The monoisotopic (exact) mass is 313 g/mol. The quantitative estimate of drug-likeness (QED) is 0.874. The molecule has 4 nitrogen and oxygen atoms in total. The molecule has 0 heterocycles. The standard InChI is InChI=1S/C13H16BrNO3/c1-3-4-8(2)12(16)15-11-6-9(13(17)18)5-10(14)7-11/h5-8H,3-4H2,1-2H3,(H,15,16)(H,17,18). The normalized spacial score (nSPS) is 11.9. The molecule has 0 radical (unpaired) electrons. The van der Waals surface area contributed by atoms with E-state index in [1.165, 1.54) is 12.1 Å². The maximum atomic E-state index is 11.8. The van der Waals surface area contributed by atoms with Crippen LogP contribution in [0.15, 0.2) is 22.7 Å². The number of rotatable bonds is 5. The van der Waals surface area contributed by atoms with Gasteiger partial charge in [0.15, 0.2) is 0 Å². The second kappa shape index (κ2) is 6.54. The van der Waals surface area contributed by atoms with Gasteiger partial charge in [0, 0.05) is 16.1 Å². The summed E-state index contributed by atoms with van der Waals surface area (Å²) in [6.45, 7) is 3.88. The molecule has 0 aliphatic carbocycles. The smallest absolute Gasteiger partial charge is 0.335 e. The highest BCUT2D eigenvalue weighted by atomic mass is 79.9. The molecule has 1 unspecified atom stereocenters. The molecule has 18 heavy (non-hydrogen) atoms. The highest BCUT2D eigenvalue weighted by molar-refractivity contribution is 9.10. The summed E-state index contributed by atoms with van der Waals surface area (Å²) in [5.41, 5.74) is 0.637. The average Bonchev–Trinajstić information content (AvgIpc) is 2.28. The van der Waals surface area contributed by atoms with Crippen molar-refractivity contribution in [3.05, 3.63) is 28.2 Å². The van der Waals surface area contributed by atoms with Crippen molar-refractivity contribution < 1.29 is 14.7 Å². The van der Waals surface area contributed by atoms with E-state index in [0.717, 1.165) is 12.8 Å². The molecule has 0 spiro atoms. The Labute approximate surface area is 115 Å². The number of carboxylic acids is 1. The minimum Gasteiger partial charge on any atom is -0.478 e. The molecule has 5 heteroatoms. The van der Waals surface area contributed by atoms with E-state index in [4.69, 9.17) is 5.11 Å². The number of carbonyl (C=O) groups is 2. The zero-order valence-electron chi connectivity index (χ0n) is 10.4. The van der Waals surface area contributed by atoms with Gasteiger partial charge >= 0.3 is 5.97 Å².